The first kappa shape index (κ1) is 19.0. The van der Waals surface area contributed by atoms with Crippen LogP contribution in [-0.2, 0) is 7.05 Å². The second-order valence-corrected chi connectivity index (χ2v) is 6.61. The van der Waals surface area contributed by atoms with Gasteiger partial charge < -0.3 is 9.88 Å². The van der Waals surface area contributed by atoms with E-state index in [1.54, 1.807) is 60.4 Å². The first-order valence-electron chi connectivity index (χ1n) is 9.11. The van der Waals surface area contributed by atoms with Gasteiger partial charge in [-0.1, -0.05) is 18.2 Å². The maximum absolute atomic E-state index is 14.5. The molecule has 1 amide bonds. The van der Waals surface area contributed by atoms with E-state index in [4.69, 9.17) is 5.26 Å². The molecule has 2 aromatic heterocycles. The number of benzene rings is 2. The third-order valence-electron chi connectivity index (χ3n) is 4.58. The van der Waals surface area contributed by atoms with Crippen molar-refractivity contribution in [3.05, 3.63) is 90.1 Å². The summed E-state index contributed by atoms with van der Waals surface area (Å²) in [5.74, 6) is -1.17. The molecule has 0 saturated carbocycles. The molecule has 0 saturated heterocycles. The summed E-state index contributed by atoms with van der Waals surface area (Å²) >= 11 is 0. The first-order valence-corrected chi connectivity index (χ1v) is 9.11. The highest BCUT2D eigenvalue weighted by Gasteiger charge is 2.19. The van der Waals surface area contributed by atoms with Crippen molar-refractivity contribution < 1.29 is 9.18 Å². The van der Waals surface area contributed by atoms with Crippen molar-refractivity contribution in [1.82, 2.24) is 14.5 Å². The molecule has 0 spiro atoms. The van der Waals surface area contributed by atoms with Crippen molar-refractivity contribution in [3.8, 4) is 28.7 Å². The molecule has 4 aromatic rings. The fourth-order valence-corrected chi connectivity index (χ4v) is 3.15. The number of carbonyl (C=O) groups is 1. The Labute approximate surface area is 172 Å². The van der Waals surface area contributed by atoms with Gasteiger partial charge >= 0.3 is 0 Å². The molecule has 0 radical (unpaired) electrons. The van der Waals surface area contributed by atoms with Crippen LogP contribution in [0.15, 0.2) is 73.2 Å². The van der Waals surface area contributed by atoms with Crippen LogP contribution in [0, 0.1) is 17.1 Å². The van der Waals surface area contributed by atoms with Crippen LogP contribution in [0.25, 0.3) is 22.6 Å². The summed E-state index contributed by atoms with van der Waals surface area (Å²) in [6, 6.07) is 18.5. The SMILES string of the molecule is Cn1cnc(-c2cc(C#N)ccn2)c1-c1ccc(F)c(C(=O)Nc2ccccc2)c1. The number of para-hydroxylation sites is 1. The van der Waals surface area contributed by atoms with E-state index in [0.29, 0.717) is 33.9 Å². The van der Waals surface area contributed by atoms with E-state index >= 15 is 0 Å². The van der Waals surface area contributed by atoms with E-state index in [-0.39, 0.29) is 5.56 Å². The van der Waals surface area contributed by atoms with E-state index in [1.165, 1.54) is 18.3 Å². The predicted octanol–water partition coefficient (Wildman–Crippen LogP) is 4.41. The third-order valence-corrected chi connectivity index (χ3v) is 4.58. The number of anilines is 1. The minimum absolute atomic E-state index is 0.0813. The number of halogens is 1. The molecule has 6 nitrogen and oxygen atoms in total. The van der Waals surface area contributed by atoms with Crippen LogP contribution in [0.2, 0.25) is 0 Å². The van der Waals surface area contributed by atoms with Gasteiger partial charge in [0.1, 0.15) is 11.5 Å². The zero-order valence-corrected chi connectivity index (χ0v) is 16.0. The number of nitriles is 1. The highest BCUT2D eigenvalue weighted by molar-refractivity contribution is 6.05. The molecule has 7 heteroatoms. The van der Waals surface area contributed by atoms with Crippen LogP contribution in [0.1, 0.15) is 15.9 Å². The summed E-state index contributed by atoms with van der Waals surface area (Å²) in [6.45, 7) is 0. The van der Waals surface area contributed by atoms with Crippen LogP contribution >= 0.6 is 0 Å². The number of nitrogens with zero attached hydrogens (tertiary/aromatic N) is 4. The molecular formula is C23H16FN5O. The topological polar surface area (TPSA) is 83.6 Å². The lowest BCUT2D eigenvalue weighted by Gasteiger charge is -2.10. The molecule has 2 heterocycles. The average Bonchev–Trinajstić information content (AvgIpc) is 3.16. The lowest BCUT2D eigenvalue weighted by molar-refractivity contribution is 0.102. The van der Waals surface area contributed by atoms with Crippen LogP contribution in [0.4, 0.5) is 10.1 Å². The van der Waals surface area contributed by atoms with Gasteiger partial charge in [-0.15, -0.1) is 0 Å². The maximum Gasteiger partial charge on any atom is 0.258 e. The summed E-state index contributed by atoms with van der Waals surface area (Å²) < 4.78 is 16.2. The molecule has 0 unspecified atom stereocenters. The van der Waals surface area contributed by atoms with Crippen LogP contribution in [0.3, 0.4) is 0 Å². The first-order chi connectivity index (χ1) is 14.6. The highest BCUT2D eigenvalue weighted by atomic mass is 19.1. The van der Waals surface area contributed by atoms with E-state index in [9.17, 15) is 9.18 Å². The average molecular weight is 397 g/mol. The molecule has 30 heavy (non-hydrogen) atoms. The molecule has 0 fully saturated rings. The highest BCUT2D eigenvalue weighted by Crippen LogP contribution is 2.31. The number of aryl methyl sites for hydroxylation is 1. The number of pyridine rings is 1. The Morgan fingerprint density at radius 3 is 2.67 bits per heavy atom. The van der Waals surface area contributed by atoms with Gasteiger partial charge in [0, 0.05) is 24.5 Å². The Morgan fingerprint density at radius 2 is 1.90 bits per heavy atom. The molecule has 0 atom stereocenters. The van der Waals surface area contributed by atoms with Gasteiger partial charge in [-0.25, -0.2) is 9.37 Å². The largest absolute Gasteiger partial charge is 0.333 e. The number of hydrogen-bond acceptors (Lipinski definition) is 4. The van der Waals surface area contributed by atoms with Crippen LogP contribution < -0.4 is 5.32 Å². The second-order valence-electron chi connectivity index (χ2n) is 6.61. The molecule has 146 valence electrons. The fraction of sp³-hybridized carbons (Fsp3) is 0.0435. The molecule has 2 aromatic carbocycles. The van der Waals surface area contributed by atoms with Gasteiger partial charge in [0.2, 0.25) is 0 Å². The summed E-state index contributed by atoms with van der Waals surface area (Å²) in [6.07, 6.45) is 3.15. The minimum Gasteiger partial charge on any atom is -0.333 e. The van der Waals surface area contributed by atoms with E-state index in [2.05, 4.69) is 21.4 Å². The van der Waals surface area contributed by atoms with Crippen LogP contribution in [0.5, 0.6) is 0 Å². The summed E-state index contributed by atoms with van der Waals surface area (Å²) in [5, 5.41) is 11.9. The Balaban J connectivity index is 1.76. The van der Waals surface area contributed by atoms with Crippen molar-refractivity contribution >= 4 is 11.6 Å². The lowest BCUT2D eigenvalue weighted by Crippen LogP contribution is -2.14. The molecular weight excluding hydrogens is 381 g/mol. The third kappa shape index (κ3) is 3.66. The van der Waals surface area contributed by atoms with E-state index in [1.807, 2.05) is 6.07 Å². The van der Waals surface area contributed by atoms with E-state index < -0.39 is 11.7 Å². The number of carbonyl (C=O) groups excluding carboxylic acids is 1. The standard InChI is InChI=1S/C23H16FN5O/c1-29-14-27-21(20-11-15(13-25)9-10-26-20)22(29)16-7-8-19(24)18(12-16)23(30)28-17-5-3-2-4-6-17/h2-12,14H,1H3,(H,28,30). The smallest absolute Gasteiger partial charge is 0.258 e. The second kappa shape index (κ2) is 7.97. The van der Waals surface area contributed by atoms with Crippen molar-refractivity contribution in [2.24, 2.45) is 7.05 Å². The van der Waals surface area contributed by atoms with Gasteiger partial charge in [0.25, 0.3) is 5.91 Å². The van der Waals surface area contributed by atoms with Crippen molar-refractivity contribution in [1.29, 1.82) is 5.26 Å². The Hall–Kier alpha value is -4.31. The number of rotatable bonds is 4. The zero-order chi connectivity index (χ0) is 21.1. The van der Waals surface area contributed by atoms with Gasteiger partial charge in [-0.05, 0) is 42.5 Å². The Kier molecular flexibility index (Phi) is 5.06. The van der Waals surface area contributed by atoms with Gasteiger partial charge in [-0.2, -0.15) is 5.26 Å². The quantitative estimate of drug-likeness (QED) is 0.553. The number of nitrogens with one attached hydrogen (secondary N) is 1. The van der Waals surface area contributed by atoms with E-state index in [0.717, 1.165) is 0 Å². The van der Waals surface area contributed by atoms with Gasteiger partial charge in [0.15, 0.2) is 0 Å². The molecule has 4 rings (SSSR count). The van der Waals surface area contributed by atoms with Crippen LogP contribution in [-0.4, -0.2) is 20.4 Å². The summed E-state index contributed by atoms with van der Waals surface area (Å²) in [4.78, 5) is 21.4. The molecule has 0 aliphatic carbocycles. The van der Waals surface area contributed by atoms with Crippen molar-refractivity contribution in [2.45, 2.75) is 0 Å². The maximum atomic E-state index is 14.5. The Morgan fingerprint density at radius 1 is 1.10 bits per heavy atom. The van der Waals surface area contributed by atoms with Crippen molar-refractivity contribution in [3.63, 3.8) is 0 Å². The zero-order valence-electron chi connectivity index (χ0n) is 16.0. The number of hydrogen-bond donors (Lipinski definition) is 1. The molecule has 0 aliphatic heterocycles. The normalized spacial score (nSPS) is 10.4. The molecule has 0 bridgehead atoms. The summed E-state index contributed by atoms with van der Waals surface area (Å²) in [5.41, 5.74) is 3.27. The fourth-order valence-electron chi connectivity index (χ4n) is 3.15. The predicted molar refractivity (Wildman–Crippen MR) is 111 cm³/mol. The monoisotopic (exact) mass is 397 g/mol. The Bertz CT molecular complexity index is 1270. The summed E-state index contributed by atoms with van der Waals surface area (Å²) in [7, 11) is 1.80. The molecule has 0 aliphatic rings. The number of aromatic nitrogens is 3. The van der Waals surface area contributed by atoms with Gasteiger partial charge in [0.05, 0.1) is 34.9 Å². The minimum atomic E-state index is -0.625. The van der Waals surface area contributed by atoms with Gasteiger partial charge in [-0.3, -0.25) is 9.78 Å². The number of imidazole rings is 1. The lowest BCUT2D eigenvalue weighted by atomic mass is 10.0. The molecule has 1 N–H and O–H groups in total. The number of amides is 1. The van der Waals surface area contributed by atoms with Crippen molar-refractivity contribution in [2.75, 3.05) is 5.32 Å².